The van der Waals surface area contributed by atoms with Gasteiger partial charge in [-0.2, -0.15) is 0 Å². The van der Waals surface area contributed by atoms with Crippen LogP contribution in [0.3, 0.4) is 0 Å². The molecule has 0 aromatic heterocycles. The number of nitro groups is 1. The van der Waals surface area contributed by atoms with E-state index in [-0.39, 0.29) is 21.9 Å². The van der Waals surface area contributed by atoms with Gasteiger partial charge in [0.2, 0.25) is 0 Å². The molecule has 92 valence electrons. The maximum atomic E-state index is 13.9. The molecule has 0 unspecified atom stereocenters. The summed E-state index contributed by atoms with van der Waals surface area (Å²) in [6.07, 6.45) is 4.04. The van der Waals surface area contributed by atoms with Crippen LogP contribution in [0, 0.1) is 15.9 Å². The lowest BCUT2D eigenvalue weighted by Gasteiger charge is -2.14. The van der Waals surface area contributed by atoms with Crippen LogP contribution in [0.5, 0.6) is 0 Å². The molecule has 0 amide bonds. The summed E-state index contributed by atoms with van der Waals surface area (Å²) in [7, 11) is 0. The standard InChI is InChI=1S/C11H12BrFN2O2/c12-8-5-6-9(15(16)17)11(10(8)13)14-7-3-1-2-4-7/h5-7,14H,1-4H2. The number of nitrogens with zero attached hydrogens (tertiary/aromatic N) is 1. The molecule has 2 rings (SSSR count). The zero-order valence-corrected chi connectivity index (χ0v) is 10.7. The minimum Gasteiger partial charge on any atom is -0.374 e. The van der Waals surface area contributed by atoms with Gasteiger partial charge in [0.15, 0.2) is 11.5 Å². The highest BCUT2D eigenvalue weighted by atomic mass is 79.9. The summed E-state index contributed by atoms with van der Waals surface area (Å²) in [6.45, 7) is 0. The van der Waals surface area contributed by atoms with E-state index in [2.05, 4.69) is 21.2 Å². The lowest BCUT2D eigenvalue weighted by Crippen LogP contribution is -2.16. The molecule has 17 heavy (non-hydrogen) atoms. The number of anilines is 1. The van der Waals surface area contributed by atoms with Gasteiger partial charge in [-0.1, -0.05) is 12.8 Å². The quantitative estimate of drug-likeness (QED) is 0.681. The first-order valence-corrected chi connectivity index (χ1v) is 6.28. The molecule has 0 bridgehead atoms. The topological polar surface area (TPSA) is 55.2 Å². The fourth-order valence-electron chi connectivity index (χ4n) is 2.10. The van der Waals surface area contributed by atoms with E-state index >= 15 is 0 Å². The summed E-state index contributed by atoms with van der Waals surface area (Å²) >= 11 is 3.04. The Balaban J connectivity index is 2.34. The normalized spacial score (nSPS) is 16.1. The van der Waals surface area contributed by atoms with Gasteiger partial charge in [0.1, 0.15) is 0 Å². The molecule has 0 saturated heterocycles. The van der Waals surface area contributed by atoms with Gasteiger partial charge >= 0.3 is 0 Å². The van der Waals surface area contributed by atoms with Crippen LogP contribution in [0.1, 0.15) is 25.7 Å². The van der Waals surface area contributed by atoms with Gasteiger partial charge in [0.05, 0.1) is 9.40 Å². The minimum absolute atomic E-state index is 0.00345. The first-order valence-electron chi connectivity index (χ1n) is 5.48. The summed E-state index contributed by atoms with van der Waals surface area (Å²) in [4.78, 5) is 10.3. The van der Waals surface area contributed by atoms with Gasteiger partial charge in [-0.05, 0) is 34.8 Å². The fraction of sp³-hybridized carbons (Fsp3) is 0.455. The van der Waals surface area contributed by atoms with E-state index in [0.717, 1.165) is 25.7 Å². The average molecular weight is 303 g/mol. The van der Waals surface area contributed by atoms with E-state index in [4.69, 9.17) is 0 Å². The second-order valence-corrected chi connectivity index (χ2v) is 4.99. The molecule has 0 heterocycles. The number of hydrogen-bond acceptors (Lipinski definition) is 3. The monoisotopic (exact) mass is 302 g/mol. The van der Waals surface area contributed by atoms with Crippen LogP contribution in [0.4, 0.5) is 15.8 Å². The van der Waals surface area contributed by atoms with Crippen LogP contribution in [0.25, 0.3) is 0 Å². The van der Waals surface area contributed by atoms with Crippen LogP contribution in [-0.4, -0.2) is 11.0 Å². The molecule has 1 N–H and O–H groups in total. The van der Waals surface area contributed by atoms with E-state index in [1.807, 2.05) is 0 Å². The molecule has 4 nitrogen and oxygen atoms in total. The second kappa shape index (κ2) is 5.00. The average Bonchev–Trinajstić information content (AvgIpc) is 2.77. The Bertz CT molecular complexity index is 447. The highest BCUT2D eigenvalue weighted by Gasteiger charge is 2.24. The van der Waals surface area contributed by atoms with Crippen molar-refractivity contribution in [2.75, 3.05) is 5.32 Å². The number of hydrogen-bond donors (Lipinski definition) is 1. The zero-order valence-electron chi connectivity index (χ0n) is 9.08. The fourth-order valence-corrected chi connectivity index (χ4v) is 2.43. The summed E-state index contributed by atoms with van der Waals surface area (Å²) in [5.41, 5.74) is -0.214. The van der Waals surface area contributed by atoms with E-state index in [1.54, 1.807) is 0 Å². The number of benzene rings is 1. The van der Waals surface area contributed by atoms with Crippen LogP contribution in [-0.2, 0) is 0 Å². The van der Waals surface area contributed by atoms with Crippen molar-refractivity contribution in [2.45, 2.75) is 31.7 Å². The van der Waals surface area contributed by atoms with Crippen molar-refractivity contribution in [3.8, 4) is 0 Å². The van der Waals surface area contributed by atoms with Gasteiger partial charge in [0.25, 0.3) is 5.69 Å². The Morgan fingerprint density at radius 1 is 1.41 bits per heavy atom. The molecule has 1 aromatic carbocycles. The van der Waals surface area contributed by atoms with Gasteiger partial charge in [-0.25, -0.2) is 4.39 Å². The Labute approximate surface area is 106 Å². The highest BCUT2D eigenvalue weighted by Crippen LogP contribution is 2.34. The molecule has 1 aromatic rings. The Kier molecular flexibility index (Phi) is 3.61. The van der Waals surface area contributed by atoms with Gasteiger partial charge < -0.3 is 5.32 Å². The van der Waals surface area contributed by atoms with Crippen molar-refractivity contribution < 1.29 is 9.31 Å². The largest absolute Gasteiger partial charge is 0.374 e. The SMILES string of the molecule is O=[N+]([O-])c1ccc(Br)c(F)c1NC1CCCC1. The van der Waals surface area contributed by atoms with Gasteiger partial charge in [0, 0.05) is 12.1 Å². The molecule has 0 spiro atoms. The summed E-state index contributed by atoms with van der Waals surface area (Å²) in [5, 5.41) is 13.8. The lowest BCUT2D eigenvalue weighted by molar-refractivity contribution is -0.384. The van der Waals surface area contributed by atoms with Crippen molar-refractivity contribution >= 4 is 27.3 Å². The molecule has 0 atom stereocenters. The molecular weight excluding hydrogens is 291 g/mol. The van der Waals surface area contributed by atoms with Gasteiger partial charge in [-0.15, -0.1) is 0 Å². The molecular formula is C11H12BrFN2O2. The first kappa shape index (κ1) is 12.3. The van der Waals surface area contributed by atoms with Crippen molar-refractivity contribution in [1.82, 2.24) is 0 Å². The third kappa shape index (κ3) is 2.57. The molecule has 1 fully saturated rings. The van der Waals surface area contributed by atoms with Crippen LogP contribution < -0.4 is 5.32 Å². The van der Waals surface area contributed by atoms with Crippen LogP contribution in [0.15, 0.2) is 16.6 Å². The van der Waals surface area contributed by atoms with Crippen molar-refractivity contribution in [3.05, 3.63) is 32.5 Å². The lowest BCUT2D eigenvalue weighted by atomic mass is 10.2. The highest BCUT2D eigenvalue weighted by molar-refractivity contribution is 9.10. The predicted octanol–water partition coefficient (Wildman–Crippen LogP) is 3.85. The first-order chi connectivity index (χ1) is 8.09. The maximum absolute atomic E-state index is 13.9. The number of halogens is 2. The van der Waals surface area contributed by atoms with E-state index < -0.39 is 10.7 Å². The molecule has 0 radical (unpaired) electrons. The number of nitro benzene ring substituents is 1. The summed E-state index contributed by atoms with van der Waals surface area (Å²) < 4.78 is 14.1. The second-order valence-electron chi connectivity index (χ2n) is 4.14. The summed E-state index contributed by atoms with van der Waals surface area (Å²) in [5.74, 6) is -0.592. The number of rotatable bonds is 3. The third-order valence-corrected chi connectivity index (χ3v) is 3.59. The van der Waals surface area contributed by atoms with E-state index in [9.17, 15) is 14.5 Å². The molecule has 0 aliphatic heterocycles. The Morgan fingerprint density at radius 3 is 2.65 bits per heavy atom. The van der Waals surface area contributed by atoms with Crippen molar-refractivity contribution in [3.63, 3.8) is 0 Å². The number of nitrogens with one attached hydrogen (secondary N) is 1. The van der Waals surface area contributed by atoms with Crippen molar-refractivity contribution in [1.29, 1.82) is 0 Å². The third-order valence-electron chi connectivity index (χ3n) is 2.97. The zero-order chi connectivity index (χ0) is 12.4. The van der Waals surface area contributed by atoms with Gasteiger partial charge in [-0.3, -0.25) is 10.1 Å². The van der Waals surface area contributed by atoms with Crippen LogP contribution in [0.2, 0.25) is 0 Å². The molecule has 1 saturated carbocycles. The van der Waals surface area contributed by atoms with E-state index in [1.165, 1.54) is 12.1 Å². The molecule has 6 heteroatoms. The van der Waals surface area contributed by atoms with E-state index in [0.29, 0.717) is 0 Å². The summed E-state index contributed by atoms with van der Waals surface area (Å²) in [6, 6.07) is 2.80. The maximum Gasteiger partial charge on any atom is 0.295 e. The molecule has 1 aliphatic rings. The predicted molar refractivity (Wildman–Crippen MR) is 66.6 cm³/mol. The Morgan fingerprint density at radius 2 is 2.06 bits per heavy atom. The van der Waals surface area contributed by atoms with Crippen molar-refractivity contribution in [2.24, 2.45) is 0 Å². The van der Waals surface area contributed by atoms with Crippen LogP contribution >= 0.6 is 15.9 Å². The minimum atomic E-state index is -0.592. The Hall–Kier alpha value is -1.17. The molecule has 1 aliphatic carbocycles. The smallest absolute Gasteiger partial charge is 0.295 e.